The van der Waals surface area contributed by atoms with Crippen molar-refractivity contribution in [3.63, 3.8) is 0 Å². The van der Waals surface area contributed by atoms with E-state index in [2.05, 4.69) is 0 Å². The summed E-state index contributed by atoms with van der Waals surface area (Å²) in [5.41, 5.74) is 5.08. The summed E-state index contributed by atoms with van der Waals surface area (Å²) in [6.07, 6.45) is 1.07. The second kappa shape index (κ2) is 1.40. The molecule has 0 spiro atoms. The van der Waals surface area contributed by atoms with Crippen LogP contribution in [-0.4, -0.2) is 17.4 Å². The summed E-state index contributed by atoms with van der Waals surface area (Å²) in [5, 5.41) is 6.82. The summed E-state index contributed by atoms with van der Waals surface area (Å²) < 4.78 is 0. The van der Waals surface area contributed by atoms with Gasteiger partial charge in [-0.3, -0.25) is 5.41 Å². The molecule has 1 radical (unpaired) electrons. The van der Waals surface area contributed by atoms with Crippen molar-refractivity contribution in [2.75, 3.05) is 6.54 Å². The van der Waals surface area contributed by atoms with E-state index in [4.69, 9.17) is 11.1 Å². The molecule has 0 bridgehead atoms. The topological polar surface area (TPSA) is 53.1 Å². The molecular weight excluding hydrogens is 90.1 g/mol. The monoisotopic (exact) mass is 98.1 g/mol. The molecule has 1 fully saturated rings. The predicted molar refractivity (Wildman–Crippen MR) is 27.5 cm³/mol. The molecule has 1 aliphatic rings. The average molecular weight is 98.1 g/mol. The van der Waals surface area contributed by atoms with Gasteiger partial charge in [0.2, 0.25) is 0 Å². The number of hydrogen-bond donors (Lipinski definition) is 2. The summed E-state index contributed by atoms with van der Waals surface area (Å²) in [6.45, 7) is 2.83. The van der Waals surface area contributed by atoms with Crippen LogP contribution in [-0.2, 0) is 0 Å². The predicted octanol–water partition coefficient (Wildman–Crippen LogP) is -0.253. The number of guanidine groups is 1. The number of rotatable bonds is 0. The van der Waals surface area contributed by atoms with Gasteiger partial charge in [-0.2, -0.15) is 0 Å². The molecule has 0 aromatic rings. The molecule has 3 heteroatoms. The van der Waals surface area contributed by atoms with E-state index >= 15 is 0 Å². The van der Waals surface area contributed by atoms with E-state index in [9.17, 15) is 0 Å². The first kappa shape index (κ1) is 4.43. The fourth-order valence-electron chi connectivity index (χ4n) is 0.477. The molecule has 0 aromatic heterocycles. The third-order valence-corrected chi connectivity index (χ3v) is 1.03. The van der Waals surface area contributed by atoms with Crippen molar-refractivity contribution in [2.24, 2.45) is 5.73 Å². The van der Waals surface area contributed by atoms with Gasteiger partial charge in [-0.25, -0.2) is 0 Å². The molecule has 0 aromatic carbocycles. The quantitative estimate of drug-likeness (QED) is 0.324. The molecule has 1 saturated heterocycles. The van der Waals surface area contributed by atoms with Crippen LogP contribution in [0.5, 0.6) is 0 Å². The van der Waals surface area contributed by atoms with Gasteiger partial charge >= 0.3 is 0 Å². The van der Waals surface area contributed by atoms with E-state index in [0.717, 1.165) is 13.0 Å². The maximum atomic E-state index is 6.82. The zero-order chi connectivity index (χ0) is 5.28. The fraction of sp³-hybridized carbons (Fsp3) is 0.500. The fourth-order valence-corrected chi connectivity index (χ4v) is 0.477. The van der Waals surface area contributed by atoms with Crippen LogP contribution in [0.3, 0.4) is 0 Å². The Bertz CT molecular complexity index is 84.9. The van der Waals surface area contributed by atoms with E-state index < -0.39 is 0 Å². The number of nitrogens with zero attached hydrogens (tertiary/aromatic N) is 1. The first-order valence-corrected chi connectivity index (χ1v) is 2.24. The van der Waals surface area contributed by atoms with Gasteiger partial charge in [0.25, 0.3) is 0 Å². The van der Waals surface area contributed by atoms with Gasteiger partial charge in [-0.15, -0.1) is 0 Å². The maximum absolute atomic E-state index is 6.82. The minimum absolute atomic E-state index is 0.159. The molecule has 39 valence electrons. The Morgan fingerprint density at radius 2 is 2.43 bits per heavy atom. The van der Waals surface area contributed by atoms with E-state index in [-0.39, 0.29) is 5.96 Å². The molecule has 1 heterocycles. The van der Waals surface area contributed by atoms with Crippen LogP contribution < -0.4 is 5.73 Å². The standard InChI is InChI=1S/C4H8N3/c5-4(6)7-2-1-3-7/h2H,1,3H2,(H3,5,6). The molecular formula is C4H8N3. The van der Waals surface area contributed by atoms with E-state index in [1.54, 1.807) is 4.90 Å². The van der Waals surface area contributed by atoms with Gasteiger partial charge < -0.3 is 10.6 Å². The molecule has 3 nitrogen and oxygen atoms in total. The Kier molecular flexibility index (Phi) is 0.889. The SMILES string of the molecule is N=C(N)N1[CH]CC1. The lowest BCUT2D eigenvalue weighted by Gasteiger charge is -2.29. The molecule has 7 heavy (non-hydrogen) atoms. The molecule has 0 saturated carbocycles. The summed E-state index contributed by atoms with van der Waals surface area (Å²) >= 11 is 0. The van der Waals surface area contributed by atoms with E-state index in [0.29, 0.717) is 0 Å². The minimum Gasteiger partial charge on any atom is -0.370 e. The van der Waals surface area contributed by atoms with E-state index in [1.165, 1.54) is 0 Å². The van der Waals surface area contributed by atoms with Crippen molar-refractivity contribution in [3.8, 4) is 0 Å². The van der Waals surface area contributed by atoms with Crippen LogP contribution >= 0.6 is 0 Å². The normalized spacial score (nSPS) is 18.6. The van der Waals surface area contributed by atoms with Gasteiger partial charge in [0.1, 0.15) is 0 Å². The first-order valence-electron chi connectivity index (χ1n) is 2.24. The van der Waals surface area contributed by atoms with Crippen molar-refractivity contribution in [2.45, 2.75) is 6.42 Å². The van der Waals surface area contributed by atoms with Crippen molar-refractivity contribution < 1.29 is 0 Å². The molecule has 0 amide bonds. The Balaban J connectivity index is 2.27. The summed E-state index contributed by atoms with van der Waals surface area (Å²) in [7, 11) is 0. The van der Waals surface area contributed by atoms with Crippen LogP contribution in [0.2, 0.25) is 0 Å². The maximum Gasteiger partial charge on any atom is 0.188 e. The summed E-state index contributed by atoms with van der Waals surface area (Å²) in [5.74, 6) is 0.159. The van der Waals surface area contributed by atoms with E-state index in [1.807, 2.05) is 6.54 Å². The largest absolute Gasteiger partial charge is 0.370 e. The summed E-state index contributed by atoms with van der Waals surface area (Å²) in [4.78, 5) is 1.71. The Morgan fingerprint density at radius 1 is 1.86 bits per heavy atom. The zero-order valence-corrected chi connectivity index (χ0v) is 4.02. The Morgan fingerprint density at radius 3 is 2.43 bits per heavy atom. The van der Waals surface area contributed by atoms with Gasteiger partial charge in [0.05, 0.1) is 6.54 Å². The molecule has 1 aliphatic heterocycles. The third-order valence-electron chi connectivity index (χ3n) is 1.03. The van der Waals surface area contributed by atoms with Crippen LogP contribution in [0.15, 0.2) is 0 Å². The van der Waals surface area contributed by atoms with Gasteiger partial charge in [-0.1, -0.05) is 0 Å². The third kappa shape index (κ3) is 0.656. The van der Waals surface area contributed by atoms with Gasteiger partial charge in [0, 0.05) is 6.54 Å². The van der Waals surface area contributed by atoms with Crippen LogP contribution in [0.25, 0.3) is 0 Å². The number of nitrogens with two attached hydrogens (primary N) is 1. The van der Waals surface area contributed by atoms with Gasteiger partial charge in [0.15, 0.2) is 5.96 Å². The molecule has 3 N–H and O–H groups in total. The van der Waals surface area contributed by atoms with Gasteiger partial charge in [-0.05, 0) is 6.42 Å². The molecule has 1 rings (SSSR count). The van der Waals surface area contributed by atoms with Crippen molar-refractivity contribution in [1.82, 2.24) is 4.90 Å². The van der Waals surface area contributed by atoms with Crippen LogP contribution in [0.1, 0.15) is 6.42 Å². The first-order chi connectivity index (χ1) is 3.30. The second-order valence-corrected chi connectivity index (χ2v) is 1.55. The minimum atomic E-state index is 0.159. The smallest absolute Gasteiger partial charge is 0.188 e. The number of hydrogen-bond acceptors (Lipinski definition) is 1. The van der Waals surface area contributed by atoms with Crippen LogP contribution in [0, 0.1) is 12.0 Å². The van der Waals surface area contributed by atoms with Crippen molar-refractivity contribution in [1.29, 1.82) is 5.41 Å². The van der Waals surface area contributed by atoms with Crippen molar-refractivity contribution in [3.05, 3.63) is 6.54 Å². The average Bonchev–Trinajstić information content (AvgIpc) is 1.23. The lowest BCUT2D eigenvalue weighted by Crippen LogP contribution is -2.41. The van der Waals surface area contributed by atoms with Crippen LogP contribution in [0.4, 0.5) is 0 Å². The second-order valence-electron chi connectivity index (χ2n) is 1.55. The Labute approximate surface area is 42.6 Å². The molecule has 0 atom stereocenters. The zero-order valence-electron chi connectivity index (χ0n) is 4.02. The highest BCUT2D eigenvalue weighted by atomic mass is 15.3. The van der Waals surface area contributed by atoms with Crippen molar-refractivity contribution >= 4 is 5.96 Å². The highest BCUT2D eigenvalue weighted by molar-refractivity contribution is 5.76. The lowest BCUT2D eigenvalue weighted by atomic mass is 10.2. The highest BCUT2D eigenvalue weighted by Crippen LogP contribution is 2.08. The molecule has 0 aliphatic carbocycles. The number of nitrogens with one attached hydrogen (secondary N) is 1. The lowest BCUT2D eigenvalue weighted by molar-refractivity contribution is 0.372. The number of likely N-dealkylation sites (tertiary alicyclic amines) is 1. The molecule has 0 unspecified atom stereocenters. The highest BCUT2D eigenvalue weighted by Gasteiger charge is 2.14. The summed E-state index contributed by atoms with van der Waals surface area (Å²) in [6, 6.07) is 0. The Hall–Kier alpha value is -0.730.